The molecule has 160 valence electrons. The van der Waals surface area contributed by atoms with Crippen molar-refractivity contribution >= 4 is 29.1 Å². The van der Waals surface area contributed by atoms with Crippen LogP contribution < -0.4 is 20.1 Å². The van der Waals surface area contributed by atoms with Gasteiger partial charge in [0.2, 0.25) is 5.91 Å². The van der Waals surface area contributed by atoms with Crippen LogP contribution in [-0.2, 0) is 4.79 Å². The summed E-state index contributed by atoms with van der Waals surface area (Å²) in [6.07, 6.45) is 0.0595. The van der Waals surface area contributed by atoms with Gasteiger partial charge in [-0.2, -0.15) is 0 Å². The third-order valence-corrected chi connectivity index (χ3v) is 4.56. The molecule has 8 heteroatoms. The number of ether oxygens (including phenoxy) is 2. The summed E-state index contributed by atoms with van der Waals surface area (Å²) in [5.41, 5.74) is 0.736. The summed E-state index contributed by atoms with van der Waals surface area (Å²) in [6.45, 7) is 0.105. The van der Waals surface area contributed by atoms with Gasteiger partial charge in [0.15, 0.2) is 11.5 Å². The number of carbonyl (C=O) groups excluding carboxylic acids is 2. The Hall–Kier alpha value is -3.58. The van der Waals surface area contributed by atoms with Crippen molar-refractivity contribution in [3.05, 3.63) is 83.1 Å². The molecule has 2 N–H and O–H groups in total. The van der Waals surface area contributed by atoms with E-state index in [1.54, 1.807) is 43.5 Å². The van der Waals surface area contributed by atoms with E-state index in [0.717, 1.165) is 12.1 Å². The van der Waals surface area contributed by atoms with E-state index in [9.17, 15) is 14.0 Å². The maximum Gasteiger partial charge on any atom is 0.252 e. The van der Waals surface area contributed by atoms with Gasteiger partial charge in [-0.05, 0) is 54.6 Å². The zero-order valence-corrected chi connectivity index (χ0v) is 17.4. The molecule has 0 heterocycles. The van der Waals surface area contributed by atoms with E-state index in [4.69, 9.17) is 21.1 Å². The number of rotatable bonds is 8. The van der Waals surface area contributed by atoms with E-state index in [1.807, 2.05) is 12.1 Å². The molecule has 0 aliphatic carbocycles. The Bertz CT molecular complexity index is 1070. The van der Waals surface area contributed by atoms with Crippen LogP contribution in [0.4, 0.5) is 10.1 Å². The highest BCUT2D eigenvalue weighted by Crippen LogP contribution is 2.31. The molecule has 0 bridgehead atoms. The molecule has 3 rings (SSSR count). The largest absolute Gasteiger partial charge is 0.493 e. The first-order valence-electron chi connectivity index (χ1n) is 9.40. The van der Waals surface area contributed by atoms with Crippen LogP contribution in [0.1, 0.15) is 16.8 Å². The second-order valence-electron chi connectivity index (χ2n) is 6.46. The summed E-state index contributed by atoms with van der Waals surface area (Å²) in [4.78, 5) is 24.2. The maximum absolute atomic E-state index is 13.1. The lowest BCUT2D eigenvalue weighted by Gasteiger charge is -2.11. The molecule has 0 saturated heterocycles. The quantitative estimate of drug-likeness (QED) is 0.512. The molecule has 3 aromatic rings. The van der Waals surface area contributed by atoms with E-state index < -0.39 is 11.7 Å². The predicted octanol–water partition coefficient (Wildman–Crippen LogP) is 5.04. The Balaban J connectivity index is 1.47. The molecule has 6 nitrogen and oxygen atoms in total. The highest BCUT2D eigenvalue weighted by molar-refractivity contribution is 6.33. The van der Waals surface area contributed by atoms with Crippen molar-refractivity contribution in [1.82, 2.24) is 5.32 Å². The number of methoxy groups -OCH3 is 1. The van der Waals surface area contributed by atoms with Crippen molar-refractivity contribution in [3.8, 4) is 17.2 Å². The average molecular weight is 443 g/mol. The molecular weight excluding hydrogens is 423 g/mol. The lowest BCUT2D eigenvalue weighted by Crippen LogP contribution is -2.27. The van der Waals surface area contributed by atoms with Crippen LogP contribution in [0.25, 0.3) is 0 Å². The number of hydrogen-bond acceptors (Lipinski definition) is 4. The Kier molecular flexibility index (Phi) is 7.45. The summed E-state index contributed by atoms with van der Waals surface area (Å²) in [7, 11) is 1.57. The molecule has 0 aliphatic rings. The molecule has 0 atom stereocenters. The van der Waals surface area contributed by atoms with Crippen LogP contribution in [0.15, 0.2) is 66.7 Å². The Labute approximate surface area is 183 Å². The van der Waals surface area contributed by atoms with Crippen molar-refractivity contribution in [2.45, 2.75) is 6.42 Å². The Morgan fingerprint density at radius 3 is 2.39 bits per heavy atom. The molecule has 0 fully saturated rings. The van der Waals surface area contributed by atoms with Crippen LogP contribution in [0.5, 0.6) is 17.2 Å². The molecule has 0 aliphatic heterocycles. The van der Waals surface area contributed by atoms with Gasteiger partial charge in [0.1, 0.15) is 11.6 Å². The normalized spacial score (nSPS) is 10.3. The smallest absolute Gasteiger partial charge is 0.252 e. The molecule has 0 aromatic heterocycles. The van der Waals surface area contributed by atoms with Gasteiger partial charge >= 0.3 is 0 Å². The van der Waals surface area contributed by atoms with Gasteiger partial charge < -0.3 is 20.1 Å². The first kappa shape index (κ1) is 22.1. The van der Waals surface area contributed by atoms with Crippen molar-refractivity contribution in [3.63, 3.8) is 0 Å². The number of carbonyl (C=O) groups is 2. The van der Waals surface area contributed by atoms with Crippen LogP contribution in [0.3, 0.4) is 0 Å². The van der Waals surface area contributed by atoms with E-state index >= 15 is 0 Å². The van der Waals surface area contributed by atoms with Crippen LogP contribution in [0, 0.1) is 5.82 Å². The third kappa shape index (κ3) is 6.20. The van der Waals surface area contributed by atoms with Gasteiger partial charge in [-0.3, -0.25) is 9.59 Å². The van der Waals surface area contributed by atoms with Gasteiger partial charge in [0.25, 0.3) is 5.91 Å². The second-order valence-corrected chi connectivity index (χ2v) is 6.86. The highest BCUT2D eigenvalue weighted by atomic mass is 35.5. The van der Waals surface area contributed by atoms with Gasteiger partial charge in [-0.15, -0.1) is 0 Å². The molecule has 0 spiro atoms. The number of nitrogens with one attached hydrogen (secondary N) is 2. The second kappa shape index (κ2) is 10.4. The first-order chi connectivity index (χ1) is 15.0. The molecule has 0 unspecified atom stereocenters. The number of benzene rings is 3. The Morgan fingerprint density at radius 2 is 1.71 bits per heavy atom. The highest BCUT2D eigenvalue weighted by Gasteiger charge is 2.12. The fourth-order valence-electron chi connectivity index (χ4n) is 2.72. The van der Waals surface area contributed by atoms with Crippen molar-refractivity contribution < 1.29 is 23.5 Å². The molecule has 3 aromatic carbocycles. The summed E-state index contributed by atoms with van der Waals surface area (Å²) in [6, 6.07) is 17.6. The van der Waals surface area contributed by atoms with Crippen molar-refractivity contribution in [1.29, 1.82) is 0 Å². The number of anilines is 1. The monoisotopic (exact) mass is 442 g/mol. The summed E-state index contributed by atoms with van der Waals surface area (Å²) in [5.74, 6) is 0.508. The molecule has 0 saturated carbocycles. The minimum atomic E-state index is -0.528. The zero-order chi connectivity index (χ0) is 22.2. The molecule has 31 heavy (non-hydrogen) atoms. The third-order valence-electron chi connectivity index (χ3n) is 4.25. The molecule has 0 radical (unpaired) electrons. The van der Waals surface area contributed by atoms with Gasteiger partial charge in [-0.1, -0.05) is 23.7 Å². The fraction of sp³-hybridized carbons (Fsp3) is 0.130. The van der Waals surface area contributed by atoms with E-state index in [0.29, 0.717) is 22.9 Å². The Morgan fingerprint density at radius 1 is 1.00 bits per heavy atom. The first-order valence-corrected chi connectivity index (χ1v) is 9.78. The van der Waals surface area contributed by atoms with E-state index in [1.165, 1.54) is 6.07 Å². The minimum Gasteiger partial charge on any atom is -0.493 e. The van der Waals surface area contributed by atoms with Crippen molar-refractivity contribution in [2.24, 2.45) is 0 Å². The summed E-state index contributed by atoms with van der Waals surface area (Å²) in [5, 5.41) is 5.34. The predicted molar refractivity (Wildman–Crippen MR) is 116 cm³/mol. The van der Waals surface area contributed by atoms with Crippen LogP contribution in [0.2, 0.25) is 5.02 Å². The number of hydrogen-bond donors (Lipinski definition) is 2. The number of amides is 2. The topological polar surface area (TPSA) is 76.7 Å². The molecular formula is C23H20ClFN2O4. The van der Waals surface area contributed by atoms with Gasteiger partial charge in [0.05, 0.1) is 17.7 Å². The van der Waals surface area contributed by atoms with Crippen molar-refractivity contribution in [2.75, 3.05) is 19.0 Å². The van der Waals surface area contributed by atoms with E-state index in [-0.39, 0.29) is 29.5 Å². The maximum atomic E-state index is 13.1. The lowest BCUT2D eigenvalue weighted by atomic mass is 10.2. The van der Waals surface area contributed by atoms with E-state index in [2.05, 4.69) is 10.6 Å². The summed E-state index contributed by atoms with van der Waals surface area (Å²) >= 11 is 5.86. The SMILES string of the molecule is COc1ccccc1Oc1ccc(NC(=O)CCNC(=O)c2ccc(F)cc2Cl)cc1. The number of para-hydroxylation sites is 2. The van der Waals surface area contributed by atoms with Crippen LogP contribution >= 0.6 is 11.6 Å². The standard InChI is InChI=1S/C23H20ClFN2O4/c1-30-20-4-2-3-5-21(20)31-17-9-7-16(8-10-17)27-22(28)12-13-26-23(29)18-11-6-15(25)14-19(18)24/h2-11,14H,12-13H2,1H3,(H,26,29)(H,27,28). The number of halogens is 2. The summed E-state index contributed by atoms with van der Waals surface area (Å²) < 4.78 is 24.1. The molecule has 2 amide bonds. The van der Waals surface area contributed by atoms with Gasteiger partial charge in [-0.25, -0.2) is 4.39 Å². The van der Waals surface area contributed by atoms with Crippen LogP contribution in [-0.4, -0.2) is 25.5 Å². The fourth-order valence-corrected chi connectivity index (χ4v) is 2.97. The minimum absolute atomic E-state index is 0.0115. The lowest BCUT2D eigenvalue weighted by molar-refractivity contribution is -0.116. The average Bonchev–Trinajstić information content (AvgIpc) is 2.75. The zero-order valence-electron chi connectivity index (χ0n) is 16.7. The van der Waals surface area contributed by atoms with Gasteiger partial charge in [0, 0.05) is 18.7 Å².